The predicted octanol–water partition coefficient (Wildman–Crippen LogP) is 2.90. The number of anilines is 1. The van der Waals surface area contributed by atoms with Crippen molar-refractivity contribution in [2.24, 2.45) is 5.41 Å². The highest BCUT2D eigenvalue weighted by molar-refractivity contribution is 6.19. The van der Waals surface area contributed by atoms with Gasteiger partial charge >= 0.3 is 6.03 Å². The number of carbonyl (C=O) groups is 3. The Bertz CT molecular complexity index is 731. The van der Waals surface area contributed by atoms with Crippen LogP contribution in [0.5, 0.6) is 0 Å². The Morgan fingerprint density at radius 3 is 2.10 bits per heavy atom. The van der Waals surface area contributed by atoms with E-state index in [1.54, 1.807) is 0 Å². The Balaban J connectivity index is 0.00000320. The molecule has 2 heterocycles. The van der Waals surface area contributed by atoms with Gasteiger partial charge in [-0.1, -0.05) is 32.0 Å². The van der Waals surface area contributed by atoms with Gasteiger partial charge in [0.05, 0.1) is 0 Å². The second-order valence-corrected chi connectivity index (χ2v) is 7.88. The average Bonchev–Trinajstić information content (AvgIpc) is 2.75. The third kappa shape index (κ3) is 4.95. The van der Waals surface area contributed by atoms with E-state index in [-0.39, 0.29) is 18.3 Å². The Labute approximate surface area is 185 Å². The standard InChI is InChI=1S/C22H32N4O3.ClH/c1-3-22(4-2)19(27)23-21(29)26(20(22)28)13-9-8-12-24-14-16-25(17-15-24)18-10-6-5-7-11-18;/h5-7,10-11H,3-4,8-9,12-17H2,1-2H3,(H,23,27,29);1H. The summed E-state index contributed by atoms with van der Waals surface area (Å²) in [6.07, 6.45) is 2.48. The Kier molecular flexibility index (Phi) is 8.67. The molecule has 0 aliphatic carbocycles. The molecule has 1 aromatic carbocycles. The summed E-state index contributed by atoms with van der Waals surface area (Å²) in [6.45, 7) is 9.02. The molecule has 2 fully saturated rings. The van der Waals surface area contributed by atoms with E-state index in [9.17, 15) is 14.4 Å². The molecule has 4 amide bonds. The zero-order valence-corrected chi connectivity index (χ0v) is 18.7. The molecule has 0 saturated carbocycles. The molecule has 2 aliphatic heterocycles. The summed E-state index contributed by atoms with van der Waals surface area (Å²) in [4.78, 5) is 43.3. The van der Waals surface area contributed by atoms with E-state index in [4.69, 9.17) is 0 Å². The van der Waals surface area contributed by atoms with Gasteiger partial charge in [-0.05, 0) is 44.4 Å². The van der Waals surface area contributed by atoms with Crippen molar-refractivity contribution in [2.45, 2.75) is 39.5 Å². The van der Waals surface area contributed by atoms with Crippen LogP contribution in [0.1, 0.15) is 39.5 Å². The lowest BCUT2D eigenvalue weighted by atomic mass is 9.78. The number of amides is 4. The molecule has 8 heteroatoms. The fraction of sp³-hybridized carbons (Fsp3) is 0.591. The summed E-state index contributed by atoms with van der Waals surface area (Å²) in [5, 5.41) is 2.37. The molecule has 2 aliphatic rings. The van der Waals surface area contributed by atoms with Crippen LogP contribution in [-0.4, -0.2) is 66.9 Å². The second kappa shape index (κ2) is 10.8. The van der Waals surface area contributed by atoms with Gasteiger partial charge in [-0.3, -0.25) is 24.7 Å². The molecule has 7 nitrogen and oxygen atoms in total. The van der Waals surface area contributed by atoms with Crippen LogP contribution in [0, 0.1) is 5.41 Å². The number of urea groups is 1. The summed E-state index contributed by atoms with van der Waals surface area (Å²) >= 11 is 0. The van der Waals surface area contributed by atoms with Crippen molar-refractivity contribution >= 4 is 35.9 Å². The van der Waals surface area contributed by atoms with Gasteiger partial charge in [0.25, 0.3) is 0 Å². The topological polar surface area (TPSA) is 73.0 Å². The van der Waals surface area contributed by atoms with Crippen molar-refractivity contribution in [1.82, 2.24) is 15.1 Å². The number of nitrogens with one attached hydrogen (secondary N) is 1. The molecule has 30 heavy (non-hydrogen) atoms. The summed E-state index contributed by atoms with van der Waals surface area (Å²) in [5.41, 5.74) is 0.174. The minimum Gasteiger partial charge on any atom is -0.369 e. The maximum atomic E-state index is 12.8. The number of para-hydroxylation sites is 1. The zero-order chi connectivity index (χ0) is 20.9. The van der Waals surface area contributed by atoms with E-state index in [0.29, 0.717) is 19.4 Å². The maximum absolute atomic E-state index is 12.8. The molecule has 0 atom stereocenters. The van der Waals surface area contributed by atoms with Gasteiger partial charge in [0, 0.05) is 38.4 Å². The van der Waals surface area contributed by atoms with Crippen LogP contribution in [0.3, 0.4) is 0 Å². The molecule has 0 unspecified atom stereocenters. The van der Waals surface area contributed by atoms with Gasteiger partial charge in [0.15, 0.2) is 0 Å². The van der Waals surface area contributed by atoms with E-state index in [1.165, 1.54) is 10.6 Å². The predicted molar refractivity (Wildman–Crippen MR) is 120 cm³/mol. The highest BCUT2D eigenvalue weighted by atomic mass is 35.5. The molecule has 0 bridgehead atoms. The first-order valence-electron chi connectivity index (χ1n) is 10.7. The van der Waals surface area contributed by atoms with Crippen LogP contribution in [0.2, 0.25) is 0 Å². The van der Waals surface area contributed by atoms with E-state index in [0.717, 1.165) is 45.6 Å². The number of nitrogens with zero attached hydrogens (tertiary/aromatic N) is 3. The van der Waals surface area contributed by atoms with Crippen molar-refractivity contribution in [3.8, 4) is 0 Å². The Morgan fingerprint density at radius 1 is 0.900 bits per heavy atom. The Hall–Kier alpha value is -2.12. The molecule has 2 saturated heterocycles. The molecular formula is C22H33ClN4O3. The lowest BCUT2D eigenvalue weighted by Crippen LogP contribution is -2.63. The third-order valence-electron chi connectivity index (χ3n) is 6.36. The van der Waals surface area contributed by atoms with Gasteiger partial charge in [0.2, 0.25) is 11.8 Å². The highest BCUT2D eigenvalue weighted by Gasteiger charge is 2.51. The van der Waals surface area contributed by atoms with Crippen molar-refractivity contribution in [3.63, 3.8) is 0 Å². The fourth-order valence-electron chi connectivity index (χ4n) is 4.28. The van der Waals surface area contributed by atoms with Crippen LogP contribution in [0.15, 0.2) is 30.3 Å². The summed E-state index contributed by atoms with van der Waals surface area (Å²) in [5.74, 6) is -0.794. The lowest BCUT2D eigenvalue weighted by Gasteiger charge is -2.38. The lowest BCUT2D eigenvalue weighted by molar-refractivity contribution is -0.152. The number of barbiturate groups is 1. The normalized spacial score (nSPS) is 19.5. The largest absolute Gasteiger partial charge is 0.369 e. The number of hydrogen-bond donors (Lipinski definition) is 1. The van der Waals surface area contributed by atoms with Gasteiger partial charge in [-0.15, -0.1) is 12.4 Å². The van der Waals surface area contributed by atoms with Crippen LogP contribution < -0.4 is 10.2 Å². The first-order chi connectivity index (χ1) is 14.0. The van der Waals surface area contributed by atoms with Crippen molar-refractivity contribution < 1.29 is 14.4 Å². The summed E-state index contributed by atoms with van der Waals surface area (Å²) < 4.78 is 0. The fourth-order valence-corrected chi connectivity index (χ4v) is 4.28. The number of carbonyl (C=O) groups excluding carboxylic acids is 3. The number of unbranched alkanes of at least 4 members (excludes halogenated alkanes) is 1. The van der Waals surface area contributed by atoms with Crippen molar-refractivity contribution in [3.05, 3.63) is 30.3 Å². The van der Waals surface area contributed by atoms with Crippen LogP contribution in [0.25, 0.3) is 0 Å². The number of rotatable bonds is 8. The van der Waals surface area contributed by atoms with Gasteiger partial charge in [-0.2, -0.15) is 0 Å². The number of halogens is 1. The third-order valence-corrected chi connectivity index (χ3v) is 6.36. The highest BCUT2D eigenvalue weighted by Crippen LogP contribution is 2.32. The van der Waals surface area contributed by atoms with E-state index in [1.807, 2.05) is 19.9 Å². The first-order valence-corrected chi connectivity index (χ1v) is 10.7. The molecule has 1 aromatic rings. The SMILES string of the molecule is CCC1(CC)C(=O)NC(=O)N(CCCCN2CCN(c3ccccc3)CC2)C1=O.Cl. The van der Waals surface area contributed by atoms with Crippen LogP contribution in [-0.2, 0) is 9.59 Å². The number of hydrogen-bond acceptors (Lipinski definition) is 5. The minimum atomic E-state index is -1.10. The zero-order valence-electron chi connectivity index (χ0n) is 17.9. The Morgan fingerprint density at radius 2 is 1.50 bits per heavy atom. The van der Waals surface area contributed by atoms with Crippen molar-refractivity contribution in [1.29, 1.82) is 0 Å². The summed E-state index contributed by atoms with van der Waals surface area (Å²) in [7, 11) is 0. The quantitative estimate of drug-likeness (QED) is 0.501. The molecule has 1 N–H and O–H groups in total. The number of imide groups is 2. The molecule has 166 valence electrons. The number of benzene rings is 1. The van der Waals surface area contributed by atoms with Gasteiger partial charge in [0.1, 0.15) is 5.41 Å². The molecule has 3 rings (SSSR count). The smallest absolute Gasteiger partial charge is 0.330 e. The van der Waals surface area contributed by atoms with Gasteiger partial charge < -0.3 is 4.90 Å². The van der Waals surface area contributed by atoms with E-state index >= 15 is 0 Å². The molecular weight excluding hydrogens is 404 g/mol. The minimum absolute atomic E-state index is 0. The van der Waals surface area contributed by atoms with E-state index < -0.39 is 17.4 Å². The van der Waals surface area contributed by atoms with Crippen molar-refractivity contribution in [2.75, 3.05) is 44.2 Å². The first kappa shape index (κ1) is 24.2. The van der Waals surface area contributed by atoms with Crippen LogP contribution >= 0.6 is 12.4 Å². The number of piperazine rings is 1. The van der Waals surface area contributed by atoms with Gasteiger partial charge in [-0.25, -0.2) is 4.79 Å². The molecule has 0 radical (unpaired) electrons. The maximum Gasteiger partial charge on any atom is 0.330 e. The monoisotopic (exact) mass is 436 g/mol. The molecule has 0 aromatic heterocycles. The summed E-state index contributed by atoms with van der Waals surface area (Å²) in [6, 6.07) is 9.89. The average molecular weight is 437 g/mol. The van der Waals surface area contributed by atoms with E-state index in [2.05, 4.69) is 39.4 Å². The molecule has 0 spiro atoms. The second-order valence-electron chi connectivity index (χ2n) is 7.88. The van der Waals surface area contributed by atoms with Crippen LogP contribution in [0.4, 0.5) is 10.5 Å².